The lowest BCUT2D eigenvalue weighted by Crippen LogP contribution is -2.46. The van der Waals surface area contributed by atoms with Gasteiger partial charge in [0.15, 0.2) is 11.6 Å². The third kappa shape index (κ3) is 13.4. The van der Waals surface area contributed by atoms with E-state index >= 15 is 0 Å². The van der Waals surface area contributed by atoms with Crippen molar-refractivity contribution in [2.45, 2.75) is 69.9 Å². The van der Waals surface area contributed by atoms with Gasteiger partial charge in [-0.1, -0.05) is 24.6 Å². The summed E-state index contributed by atoms with van der Waals surface area (Å²) in [5.41, 5.74) is 3.86. The fourth-order valence-electron chi connectivity index (χ4n) is 6.40. The zero-order chi connectivity index (χ0) is 37.9. The number of aliphatic carboxylic acids is 1. The summed E-state index contributed by atoms with van der Waals surface area (Å²) in [6.45, 7) is 8.00. The quantitative estimate of drug-likeness (QED) is 0.0521. The van der Waals surface area contributed by atoms with E-state index in [1.54, 1.807) is 12.4 Å². The van der Waals surface area contributed by atoms with Gasteiger partial charge in [-0.15, -0.1) is 10.2 Å². The highest BCUT2D eigenvalue weighted by Crippen LogP contribution is 2.36. The Balaban J connectivity index is 0.980. The normalized spacial score (nSPS) is 14.8. The number of anilines is 2. The van der Waals surface area contributed by atoms with Crippen molar-refractivity contribution in [2.24, 2.45) is 0 Å². The van der Waals surface area contributed by atoms with Crippen LogP contribution in [0, 0.1) is 0 Å². The molecule has 0 amide bonds. The molecule has 4 N–H and O–H groups in total. The molecular weight excluding hydrogens is 686 g/mol. The van der Waals surface area contributed by atoms with Gasteiger partial charge in [-0.25, -0.2) is 0 Å². The molecule has 13 heteroatoms. The number of rotatable bonds is 25. The van der Waals surface area contributed by atoms with Gasteiger partial charge in [-0.2, -0.15) is 0 Å². The Labute approximate surface area is 319 Å². The lowest BCUT2D eigenvalue weighted by molar-refractivity contribution is -0.137. The Kier molecular flexibility index (Phi) is 16.5. The minimum atomic E-state index is -0.798. The van der Waals surface area contributed by atoms with Crippen molar-refractivity contribution in [1.29, 1.82) is 0 Å². The van der Waals surface area contributed by atoms with E-state index in [1.807, 2.05) is 12.1 Å². The molecule has 5 rings (SSSR count). The van der Waals surface area contributed by atoms with Crippen LogP contribution in [0.5, 0.6) is 5.75 Å². The van der Waals surface area contributed by atoms with E-state index in [-0.39, 0.29) is 18.0 Å². The SMILES string of the molecule is C[C@@H](Nc1cccc(NC2(c3nnc(-c4ccncc4)[nH]3)CCN(C)CC2)c1)c1ccc(OCCCCCCOCCOCCOCCCC(=O)O)cc1. The number of carbonyl (C=O) groups is 1. The Hall–Kier alpha value is -4.56. The highest BCUT2D eigenvalue weighted by Gasteiger charge is 2.39. The zero-order valence-corrected chi connectivity index (χ0v) is 31.8. The minimum absolute atomic E-state index is 0.105. The molecule has 292 valence electrons. The van der Waals surface area contributed by atoms with E-state index in [2.05, 4.69) is 98.2 Å². The highest BCUT2D eigenvalue weighted by atomic mass is 16.5. The predicted octanol–water partition coefficient (Wildman–Crippen LogP) is 6.93. The molecule has 0 bridgehead atoms. The molecule has 0 aliphatic carbocycles. The van der Waals surface area contributed by atoms with Crippen LogP contribution in [-0.2, 0) is 24.5 Å². The Morgan fingerprint density at radius 2 is 1.48 bits per heavy atom. The largest absolute Gasteiger partial charge is 0.494 e. The summed E-state index contributed by atoms with van der Waals surface area (Å²) >= 11 is 0. The zero-order valence-electron chi connectivity index (χ0n) is 31.8. The van der Waals surface area contributed by atoms with Crippen molar-refractivity contribution in [3.05, 3.63) is 84.4 Å². The van der Waals surface area contributed by atoms with Crippen LogP contribution in [0.15, 0.2) is 73.1 Å². The van der Waals surface area contributed by atoms with E-state index in [4.69, 9.17) is 24.1 Å². The van der Waals surface area contributed by atoms with E-state index in [1.165, 1.54) is 5.56 Å². The molecule has 2 aromatic heterocycles. The third-order valence-corrected chi connectivity index (χ3v) is 9.62. The molecule has 4 aromatic rings. The van der Waals surface area contributed by atoms with Crippen molar-refractivity contribution >= 4 is 17.3 Å². The number of aromatic nitrogens is 4. The lowest BCUT2D eigenvalue weighted by atomic mass is 9.86. The van der Waals surface area contributed by atoms with Crippen LogP contribution in [0.4, 0.5) is 11.4 Å². The molecule has 1 saturated heterocycles. The number of aromatic amines is 1. The topological polar surface area (TPSA) is 156 Å². The second-order valence-electron chi connectivity index (χ2n) is 13.9. The molecule has 1 fully saturated rings. The first-order chi connectivity index (χ1) is 26.4. The number of likely N-dealkylation sites (tertiary alicyclic amines) is 1. The summed E-state index contributed by atoms with van der Waals surface area (Å²) < 4.78 is 22.5. The molecule has 1 aliphatic heterocycles. The third-order valence-electron chi connectivity index (χ3n) is 9.62. The summed E-state index contributed by atoms with van der Waals surface area (Å²) in [5.74, 6) is 1.69. The van der Waals surface area contributed by atoms with Gasteiger partial charge in [0, 0.05) is 68.1 Å². The van der Waals surface area contributed by atoms with Gasteiger partial charge in [0.1, 0.15) is 5.75 Å². The second-order valence-corrected chi connectivity index (χ2v) is 13.9. The van der Waals surface area contributed by atoms with Crippen LogP contribution >= 0.6 is 0 Å². The fourth-order valence-corrected chi connectivity index (χ4v) is 6.40. The van der Waals surface area contributed by atoms with Crippen molar-refractivity contribution < 1.29 is 28.8 Å². The number of hydrogen-bond acceptors (Lipinski definition) is 11. The maximum atomic E-state index is 10.5. The fraction of sp³-hybridized carbons (Fsp3) is 0.512. The summed E-state index contributed by atoms with van der Waals surface area (Å²) in [6.07, 6.45) is 10.2. The number of unbranched alkanes of at least 4 members (excludes halogenated alkanes) is 3. The molecule has 0 spiro atoms. The molecule has 0 unspecified atom stereocenters. The molecule has 1 aliphatic rings. The number of benzene rings is 2. The van der Waals surface area contributed by atoms with Crippen LogP contribution in [-0.4, -0.2) is 103 Å². The Bertz CT molecular complexity index is 1650. The number of nitrogens with zero attached hydrogens (tertiary/aromatic N) is 4. The van der Waals surface area contributed by atoms with Crippen molar-refractivity contribution in [1.82, 2.24) is 25.1 Å². The number of pyridine rings is 1. The van der Waals surface area contributed by atoms with E-state index in [0.717, 1.165) is 92.6 Å². The highest BCUT2D eigenvalue weighted by molar-refractivity contribution is 5.66. The predicted molar refractivity (Wildman–Crippen MR) is 210 cm³/mol. The number of carboxylic acids is 1. The molecule has 2 aromatic carbocycles. The number of nitrogens with one attached hydrogen (secondary N) is 3. The summed E-state index contributed by atoms with van der Waals surface area (Å²) in [7, 11) is 2.16. The first kappa shape index (κ1) is 40.6. The second kappa shape index (κ2) is 22.0. The number of carboxylic acid groups (broad SMARTS) is 1. The number of piperidine rings is 1. The van der Waals surface area contributed by atoms with Gasteiger partial charge in [0.2, 0.25) is 0 Å². The van der Waals surface area contributed by atoms with Crippen LogP contribution in [0.1, 0.15) is 75.7 Å². The van der Waals surface area contributed by atoms with Crippen molar-refractivity contribution in [3.63, 3.8) is 0 Å². The van der Waals surface area contributed by atoms with Crippen molar-refractivity contribution in [2.75, 3.05) is 77.0 Å². The number of ether oxygens (including phenoxy) is 4. The van der Waals surface area contributed by atoms with E-state index in [9.17, 15) is 4.79 Å². The first-order valence-electron chi connectivity index (χ1n) is 19.2. The molecule has 13 nitrogen and oxygen atoms in total. The van der Waals surface area contributed by atoms with Crippen LogP contribution in [0.2, 0.25) is 0 Å². The van der Waals surface area contributed by atoms with Gasteiger partial charge < -0.3 is 44.6 Å². The van der Waals surface area contributed by atoms with E-state index in [0.29, 0.717) is 46.1 Å². The molecular formula is C41H57N7O6. The monoisotopic (exact) mass is 743 g/mol. The van der Waals surface area contributed by atoms with Gasteiger partial charge in [-0.05, 0) is 101 Å². The standard InChI is InChI=1S/C41H57N7O6/c1-32(33-12-14-37(15-13-33)54-26-6-4-3-5-24-51-27-29-53-30-28-52-25-8-11-38(49)50)43-35-9-7-10-36(31-35)45-41(18-22-48(2)23-19-41)40-44-39(46-47-40)34-16-20-42-21-17-34/h7,9-10,12-17,20-21,31-32,43,45H,3-6,8,11,18-19,22-30H2,1-2H3,(H,49,50)(H,44,46,47)/t32-/m1/s1. The molecule has 0 saturated carbocycles. The molecule has 1 atom stereocenters. The molecule has 0 radical (unpaired) electrons. The maximum Gasteiger partial charge on any atom is 0.303 e. The smallest absolute Gasteiger partial charge is 0.303 e. The van der Waals surface area contributed by atoms with Gasteiger partial charge in [0.05, 0.1) is 38.6 Å². The number of hydrogen-bond donors (Lipinski definition) is 4. The van der Waals surface area contributed by atoms with Crippen LogP contribution in [0.25, 0.3) is 11.4 Å². The Morgan fingerprint density at radius 3 is 2.19 bits per heavy atom. The van der Waals surface area contributed by atoms with Crippen molar-refractivity contribution in [3.8, 4) is 17.1 Å². The average molecular weight is 744 g/mol. The van der Waals surface area contributed by atoms with Crippen LogP contribution < -0.4 is 15.4 Å². The van der Waals surface area contributed by atoms with Crippen LogP contribution in [0.3, 0.4) is 0 Å². The average Bonchev–Trinajstić information content (AvgIpc) is 3.69. The number of H-pyrrole nitrogens is 1. The molecule has 3 heterocycles. The molecule has 54 heavy (non-hydrogen) atoms. The van der Waals surface area contributed by atoms with Gasteiger partial charge in [-0.3, -0.25) is 9.78 Å². The summed E-state index contributed by atoms with van der Waals surface area (Å²) in [5, 5.41) is 25.3. The Morgan fingerprint density at radius 1 is 0.833 bits per heavy atom. The summed E-state index contributed by atoms with van der Waals surface area (Å²) in [4.78, 5) is 20.5. The summed E-state index contributed by atoms with van der Waals surface area (Å²) in [6, 6.07) is 20.8. The minimum Gasteiger partial charge on any atom is -0.494 e. The maximum absolute atomic E-state index is 10.5. The first-order valence-corrected chi connectivity index (χ1v) is 19.2. The lowest BCUT2D eigenvalue weighted by Gasteiger charge is -2.40. The van der Waals surface area contributed by atoms with E-state index < -0.39 is 5.97 Å². The van der Waals surface area contributed by atoms with Gasteiger partial charge in [0.25, 0.3) is 0 Å². The van der Waals surface area contributed by atoms with Gasteiger partial charge >= 0.3 is 5.97 Å².